The van der Waals surface area contributed by atoms with Crippen LogP contribution in [0.2, 0.25) is 0 Å². The first-order valence-electron chi connectivity index (χ1n) is 7.86. The molecule has 0 bridgehead atoms. The van der Waals surface area contributed by atoms with Crippen molar-refractivity contribution in [3.05, 3.63) is 77.3 Å². The number of aryl methyl sites for hydroxylation is 1. The Morgan fingerprint density at radius 1 is 0.960 bits per heavy atom. The maximum Gasteiger partial charge on any atom is 0.259 e. The first kappa shape index (κ1) is 16.9. The van der Waals surface area contributed by atoms with Crippen molar-refractivity contribution < 1.29 is 9.59 Å². The first-order valence-corrected chi connectivity index (χ1v) is 8.74. The van der Waals surface area contributed by atoms with Crippen LogP contribution in [0.4, 0.5) is 10.8 Å². The molecule has 0 fully saturated rings. The average molecular weight is 351 g/mol. The van der Waals surface area contributed by atoms with E-state index in [0.29, 0.717) is 29.2 Å². The van der Waals surface area contributed by atoms with E-state index in [0.717, 1.165) is 5.56 Å². The van der Waals surface area contributed by atoms with Gasteiger partial charge in [0, 0.05) is 18.0 Å². The van der Waals surface area contributed by atoms with Crippen molar-refractivity contribution in [3.63, 3.8) is 0 Å². The Balaban J connectivity index is 1.64. The summed E-state index contributed by atoms with van der Waals surface area (Å²) in [6.07, 6.45) is 2.63. The van der Waals surface area contributed by atoms with Crippen LogP contribution in [0.1, 0.15) is 22.3 Å². The third kappa shape index (κ3) is 4.74. The predicted molar refractivity (Wildman–Crippen MR) is 99.9 cm³/mol. The van der Waals surface area contributed by atoms with E-state index < -0.39 is 0 Å². The van der Waals surface area contributed by atoms with Crippen LogP contribution in [0.15, 0.2) is 66.2 Å². The van der Waals surface area contributed by atoms with Gasteiger partial charge in [0.15, 0.2) is 5.13 Å². The average Bonchev–Trinajstić information content (AvgIpc) is 3.14. The summed E-state index contributed by atoms with van der Waals surface area (Å²) in [5, 5.41) is 7.86. The molecule has 2 amide bonds. The highest BCUT2D eigenvalue weighted by Crippen LogP contribution is 2.19. The van der Waals surface area contributed by atoms with Gasteiger partial charge < -0.3 is 5.32 Å². The van der Waals surface area contributed by atoms with Gasteiger partial charge in [0.1, 0.15) is 0 Å². The molecule has 2 aromatic carbocycles. The zero-order chi connectivity index (χ0) is 17.5. The minimum Gasteiger partial charge on any atom is -0.325 e. The fourth-order valence-corrected chi connectivity index (χ4v) is 2.88. The van der Waals surface area contributed by atoms with E-state index >= 15 is 0 Å². The van der Waals surface area contributed by atoms with Crippen molar-refractivity contribution in [3.8, 4) is 0 Å². The second-order valence-corrected chi connectivity index (χ2v) is 6.27. The van der Waals surface area contributed by atoms with E-state index in [1.807, 2.05) is 30.3 Å². The third-order valence-electron chi connectivity index (χ3n) is 3.58. The number of hydrogen-bond donors (Lipinski definition) is 2. The largest absolute Gasteiger partial charge is 0.325 e. The summed E-state index contributed by atoms with van der Waals surface area (Å²) in [5.74, 6) is -0.424. The van der Waals surface area contributed by atoms with Gasteiger partial charge in [-0.2, -0.15) is 0 Å². The maximum atomic E-state index is 12.4. The topological polar surface area (TPSA) is 71.1 Å². The third-order valence-corrected chi connectivity index (χ3v) is 4.27. The van der Waals surface area contributed by atoms with E-state index in [1.54, 1.807) is 35.8 Å². The molecule has 1 aromatic heterocycles. The smallest absolute Gasteiger partial charge is 0.259 e. The summed E-state index contributed by atoms with van der Waals surface area (Å²) in [5.41, 5.74) is 2.01. The lowest BCUT2D eigenvalue weighted by atomic mass is 10.1. The zero-order valence-corrected chi connectivity index (χ0v) is 14.3. The van der Waals surface area contributed by atoms with Crippen LogP contribution in [0, 0.1) is 0 Å². The molecule has 0 atom stereocenters. The number of para-hydroxylation sites is 1. The highest BCUT2D eigenvalue weighted by atomic mass is 32.1. The first-order chi connectivity index (χ1) is 12.2. The number of hydrogen-bond acceptors (Lipinski definition) is 4. The number of nitrogens with one attached hydrogen (secondary N) is 2. The number of nitrogens with zero attached hydrogens (tertiary/aromatic N) is 1. The van der Waals surface area contributed by atoms with Crippen LogP contribution in [0.25, 0.3) is 0 Å². The lowest BCUT2D eigenvalue weighted by Gasteiger charge is -2.10. The quantitative estimate of drug-likeness (QED) is 0.706. The van der Waals surface area contributed by atoms with E-state index in [9.17, 15) is 9.59 Å². The standard InChI is InChI=1S/C19H17N3O2S/c23-17(11-10-14-6-2-1-3-7-14)21-16-9-5-4-8-15(16)18(24)22-19-20-12-13-25-19/h1-9,12-13H,10-11H2,(H,21,23)(H,20,22,24). The summed E-state index contributed by atoms with van der Waals surface area (Å²) < 4.78 is 0. The van der Waals surface area contributed by atoms with E-state index in [1.165, 1.54) is 11.3 Å². The van der Waals surface area contributed by atoms with Crippen LogP contribution in [-0.2, 0) is 11.2 Å². The number of aromatic nitrogens is 1. The molecule has 2 N–H and O–H groups in total. The van der Waals surface area contributed by atoms with Crippen LogP contribution >= 0.6 is 11.3 Å². The molecule has 0 radical (unpaired) electrons. The summed E-state index contributed by atoms with van der Waals surface area (Å²) >= 11 is 1.34. The highest BCUT2D eigenvalue weighted by Gasteiger charge is 2.14. The van der Waals surface area contributed by atoms with Crippen LogP contribution < -0.4 is 10.6 Å². The van der Waals surface area contributed by atoms with Crippen LogP contribution in [-0.4, -0.2) is 16.8 Å². The molecular weight excluding hydrogens is 334 g/mol. The normalized spacial score (nSPS) is 10.2. The fraction of sp³-hybridized carbons (Fsp3) is 0.105. The van der Waals surface area contributed by atoms with Gasteiger partial charge in [-0.1, -0.05) is 42.5 Å². The summed E-state index contributed by atoms with van der Waals surface area (Å²) in [6.45, 7) is 0. The summed E-state index contributed by atoms with van der Waals surface area (Å²) in [4.78, 5) is 28.7. The van der Waals surface area contributed by atoms with Crippen molar-refractivity contribution in [1.29, 1.82) is 0 Å². The fourth-order valence-electron chi connectivity index (χ4n) is 2.35. The van der Waals surface area contributed by atoms with E-state index in [-0.39, 0.29) is 11.8 Å². The Hall–Kier alpha value is -2.99. The molecular formula is C19H17N3O2S. The number of thiazole rings is 1. The van der Waals surface area contributed by atoms with E-state index in [2.05, 4.69) is 15.6 Å². The molecule has 1 heterocycles. The molecule has 0 saturated carbocycles. The van der Waals surface area contributed by atoms with Gasteiger partial charge in [-0.05, 0) is 24.1 Å². The molecule has 0 aliphatic rings. The number of anilines is 2. The minimum atomic E-state index is -0.297. The zero-order valence-electron chi connectivity index (χ0n) is 13.4. The Bertz CT molecular complexity index is 848. The Kier molecular flexibility index (Phi) is 5.53. The van der Waals surface area contributed by atoms with Gasteiger partial charge in [-0.15, -0.1) is 11.3 Å². The molecule has 3 aromatic rings. The monoisotopic (exact) mass is 351 g/mol. The molecule has 0 aliphatic carbocycles. The van der Waals surface area contributed by atoms with Crippen molar-refractivity contribution in [1.82, 2.24) is 4.98 Å². The van der Waals surface area contributed by atoms with Crippen molar-refractivity contribution in [2.75, 3.05) is 10.6 Å². The number of amides is 2. The number of benzene rings is 2. The van der Waals surface area contributed by atoms with Crippen LogP contribution in [0.5, 0.6) is 0 Å². The Morgan fingerprint density at radius 3 is 2.48 bits per heavy atom. The molecule has 25 heavy (non-hydrogen) atoms. The molecule has 6 heteroatoms. The second kappa shape index (κ2) is 8.21. The summed E-state index contributed by atoms with van der Waals surface area (Å²) in [7, 11) is 0. The van der Waals surface area contributed by atoms with Crippen molar-refractivity contribution in [2.45, 2.75) is 12.8 Å². The molecule has 0 spiro atoms. The molecule has 0 aliphatic heterocycles. The predicted octanol–water partition coefficient (Wildman–Crippen LogP) is 3.97. The molecule has 0 saturated heterocycles. The number of rotatable bonds is 6. The van der Waals surface area contributed by atoms with Gasteiger partial charge >= 0.3 is 0 Å². The summed E-state index contributed by atoms with van der Waals surface area (Å²) in [6, 6.07) is 16.8. The number of carbonyl (C=O) groups is 2. The lowest BCUT2D eigenvalue weighted by molar-refractivity contribution is -0.116. The van der Waals surface area contributed by atoms with Gasteiger partial charge in [0.25, 0.3) is 5.91 Å². The van der Waals surface area contributed by atoms with Gasteiger partial charge in [-0.25, -0.2) is 4.98 Å². The van der Waals surface area contributed by atoms with Gasteiger partial charge in [-0.3, -0.25) is 14.9 Å². The Morgan fingerprint density at radius 2 is 1.72 bits per heavy atom. The maximum absolute atomic E-state index is 12.4. The Labute approximate surface area is 149 Å². The van der Waals surface area contributed by atoms with Crippen LogP contribution in [0.3, 0.4) is 0 Å². The molecule has 5 nitrogen and oxygen atoms in total. The van der Waals surface area contributed by atoms with Crippen molar-refractivity contribution >= 4 is 34.0 Å². The minimum absolute atomic E-state index is 0.127. The molecule has 0 unspecified atom stereocenters. The number of carbonyl (C=O) groups excluding carboxylic acids is 2. The molecule has 126 valence electrons. The van der Waals surface area contributed by atoms with Gasteiger partial charge in [0.05, 0.1) is 11.3 Å². The second-order valence-electron chi connectivity index (χ2n) is 5.37. The van der Waals surface area contributed by atoms with E-state index in [4.69, 9.17) is 0 Å². The highest BCUT2D eigenvalue weighted by molar-refractivity contribution is 7.13. The molecule has 3 rings (SSSR count). The lowest BCUT2D eigenvalue weighted by Crippen LogP contribution is -2.18. The van der Waals surface area contributed by atoms with Gasteiger partial charge in [0.2, 0.25) is 5.91 Å². The van der Waals surface area contributed by atoms with Crippen molar-refractivity contribution in [2.24, 2.45) is 0 Å². The SMILES string of the molecule is O=C(CCc1ccccc1)Nc1ccccc1C(=O)Nc1nccs1.